The number of thioether (sulfide) groups is 1. The highest BCUT2D eigenvalue weighted by molar-refractivity contribution is 7.98. The maximum Gasteiger partial charge on any atom is 0.183 e. The van der Waals surface area contributed by atoms with Gasteiger partial charge in [-0.05, 0) is 17.5 Å². The number of phenolic OH excluding ortho intramolecular Hbond substituents is 1. The van der Waals surface area contributed by atoms with Crippen LogP contribution in [-0.4, -0.2) is 10.1 Å². The first-order chi connectivity index (χ1) is 9.24. The van der Waals surface area contributed by atoms with E-state index in [1.807, 2.05) is 36.5 Å². The van der Waals surface area contributed by atoms with Crippen molar-refractivity contribution >= 4 is 45.5 Å². The van der Waals surface area contributed by atoms with Gasteiger partial charge < -0.3 is 5.11 Å². The molecule has 2 aromatic carbocycles. The van der Waals surface area contributed by atoms with E-state index in [9.17, 15) is 5.11 Å². The number of hydrogen-bond donors (Lipinski definition) is 1. The molecule has 3 rings (SSSR count). The van der Waals surface area contributed by atoms with E-state index >= 15 is 0 Å². The van der Waals surface area contributed by atoms with Crippen molar-refractivity contribution in [3.63, 3.8) is 0 Å². The standard InChI is InChI=1S/C14H10ClNOS2/c15-14-16-7-9(19-14)8-18-13-6-5-12(17)10-3-1-2-4-11(10)13/h1-7,17H,8H2. The fourth-order valence-electron chi connectivity index (χ4n) is 1.88. The number of phenols is 1. The molecule has 0 aliphatic rings. The average Bonchev–Trinajstić information content (AvgIpc) is 2.84. The molecule has 0 aliphatic carbocycles. The van der Waals surface area contributed by atoms with Crippen LogP contribution in [0.25, 0.3) is 10.8 Å². The fraction of sp³-hybridized carbons (Fsp3) is 0.0714. The number of fused-ring (bicyclic) bond motifs is 1. The monoisotopic (exact) mass is 307 g/mol. The number of aromatic hydroxyl groups is 1. The zero-order valence-corrected chi connectivity index (χ0v) is 12.2. The van der Waals surface area contributed by atoms with Crippen molar-refractivity contribution in [2.24, 2.45) is 0 Å². The molecule has 0 saturated heterocycles. The van der Waals surface area contributed by atoms with Gasteiger partial charge in [0.2, 0.25) is 0 Å². The van der Waals surface area contributed by atoms with Gasteiger partial charge in [-0.3, -0.25) is 0 Å². The highest BCUT2D eigenvalue weighted by Crippen LogP contribution is 2.35. The summed E-state index contributed by atoms with van der Waals surface area (Å²) in [6, 6.07) is 11.6. The van der Waals surface area contributed by atoms with E-state index in [4.69, 9.17) is 11.6 Å². The van der Waals surface area contributed by atoms with Crippen molar-refractivity contribution < 1.29 is 5.11 Å². The van der Waals surface area contributed by atoms with Gasteiger partial charge in [0.15, 0.2) is 4.47 Å². The summed E-state index contributed by atoms with van der Waals surface area (Å²) in [5.41, 5.74) is 0. The highest BCUT2D eigenvalue weighted by Gasteiger charge is 2.06. The summed E-state index contributed by atoms with van der Waals surface area (Å²) in [5, 5.41) is 11.8. The van der Waals surface area contributed by atoms with Crippen molar-refractivity contribution in [2.75, 3.05) is 0 Å². The van der Waals surface area contributed by atoms with Crippen molar-refractivity contribution in [3.05, 3.63) is 51.9 Å². The Hall–Kier alpha value is -1.23. The van der Waals surface area contributed by atoms with E-state index in [-0.39, 0.29) is 0 Å². The van der Waals surface area contributed by atoms with E-state index < -0.39 is 0 Å². The molecule has 0 aliphatic heterocycles. The Bertz CT molecular complexity index is 726. The molecule has 0 unspecified atom stereocenters. The number of thiazole rings is 1. The van der Waals surface area contributed by atoms with Crippen LogP contribution in [0.5, 0.6) is 5.75 Å². The predicted octanol–water partition coefficient (Wildman–Crippen LogP) is 4.95. The third-order valence-corrected chi connectivity index (χ3v) is 5.18. The number of nitrogens with zero attached hydrogens (tertiary/aromatic N) is 1. The Balaban J connectivity index is 1.91. The summed E-state index contributed by atoms with van der Waals surface area (Å²) >= 11 is 9.05. The summed E-state index contributed by atoms with van der Waals surface area (Å²) in [4.78, 5) is 6.33. The van der Waals surface area contributed by atoms with Gasteiger partial charge in [-0.15, -0.1) is 23.1 Å². The second-order valence-corrected chi connectivity index (χ2v) is 6.71. The Morgan fingerprint density at radius 3 is 2.68 bits per heavy atom. The van der Waals surface area contributed by atoms with Crippen LogP contribution in [0, 0.1) is 0 Å². The summed E-state index contributed by atoms with van der Waals surface area (Å²) in [6.07, 6.45) is 1.81. The minimum atomic E-state index is 0.320. The number of hydrogen-bond acceptors (Lipinski definition) is 4. The first kappa shape index (κ1) is 12.8. The number of rotatable bonds is 3. The zero-order chi connectivity index (χ0) is 13.2. The molecule has 5 heteroatoms. The molecule has 0 fully saturated rings. The summed E-state index contributed by atoms with van der Waals surface area (Å²) in [7, 11) is 0. The van der Waals surface area contributed by atoms with Crippen molar-refractivity contribution in [3.8, 4) is 5.75 Å². The lowest BCUT2D eigenvalue weighted by atomic mass is 10.1. The summed E-state index contributed by atoms with van der Waals surface area (Å²) in [5.74, 6) is 1.15. The van der Waals surface area contributed by atoms with Gasteiger partial charge in [0.05, 0.1) is 0 Å². The normalized spacial score (nSPS) is 11.0. The molecular formula is C14H10ClNOS2. The largest absolute Gasteiger partial charge is 0.507 e. The van der Waals surface area contributed by atoms with Gasteiger partial charge >= 0.3 is 0 Å². The molecule has 0 spiro atoms. The van der Waals surface area contributed by atoms with E-state index in [0.717, 1.165) is 26.3 Å². The highest BCUT2D eigenvalue weighted by atomic mass is 35.5. The van der Waals surface area contributed by atoms with Crippen LogP contribution in [0.1, 0.15) is 4.88 Å². The fourth-order valence-corrected chi connectivity index (χ4v) is 3.94. The molecule has 2 nitrogen and oxygen atoms in total. The Kier molecular flexibility index (Phi) is 3.64. The van der Waals surface area contributed by atoms with Crippen LogP contribution in [0.4, 0.5) is 0 Å². The number of aromatic nitrogens is 1. The second-order valence-electron chi connectivity index (χ2n) is 4.00. The molecular weight excluding hydrogens is 298 g/mol. The van der Waals surface area contributed by atoms with Gasteiger partial charge in [0, 0.05) is 27.1 Å². The summed E-state index contributed by atoms with van der Waals surface area (Å²) in [6.45, 7) is 0. The molecule has 96 valence electrons. The Morgan fingerprint density at radius 1 is 1.16 bits per heavy atom. The summed E-state index contributed by atoms with van der Waals surface area (Å²) < 4.78 is 0.575. The predicted molar refractivity (Wildman–Crippen MR) is 82.3 cm³/mol. The molecule has 1 N–H and O–H groups in total. The van der Waals surface area contributed by atoms with E-state index in [1.165, 1.54) is 11.3 Å². The molecule has 0 amide bonds. The van der Waals surface area contributed by atoms with Crippen LogP contribution in [0.2, 0.25) is 4.47 Å². The first-order valence-corrected chi connectivity index (χ1v) is 7.86. The van der Waals surface area contributed by atoms with Crippen LogP contribution in [0.15, 0.2) is 47.5 Å². The zero-order valence-electron chi connectivity index (χ0n) is 9.84. The topological polar surface area (TPSA) is 33.1 Å². The van der Waals surface area contributed by atoms with Gasteiger partial charge in [0.25, 0.3) is 0 Å². The smallest absolute Gasteiger partial charge is 0.183 e. The molecule has 0 atom stereocenters. The van der Waals surface area contributed by atoms with Crippen molar-refractivity contribution in [1.82, 2.24) is 4.98 Å². The van der Waals surface area contributed by atoms with Crippen LogP contribution < -0.4 is 0 Å². The lowest BCUT2D eigenvalue weighted by Crippen LogP contribution is -1.80. The second kappa shape index (κ2) is 5.41. The van der Waals surface area contributed by atoms with Crippen LogP contribution in [-0.2, 0) is 5.75 Å². The van der Waals surface area contributed by atoms with E-state index in [0.29, 0.717) is 10.2 Å². The lowest BCUT2D eigenvalue weighted by molar-refractivity contribution is 0.481. The molecule has 19 heavy (non-hydrogen) atoms. The lowest BCUT2D eigenvalue weighted by Gasteiger charge is -2.07. The average molecular weight is 308 g/mol. The Labute approximate surface area is 124 Å². The first-order valence-electron chi connectivity index (χ1n) is 5.68. The van der Waals surface area contributed by atoms with Gasteiger partial charge in [-0.2, -0.15) is 0 Å². The molecule has 1 heterocycles. The van der Waals surface area contributed by atoms with Crippen molar-refractivity contribution in [2.45, 2.75) is 10.6 Å². The molecule has 0 saturated carbocycles. The van der Waals surface area contributed by atoms with Gasteiger partial charge in [0.1, 0.15) is 5.75 Å². The SMILES string of the molecule is Oc1ccc(SCc2cnc(Cl)s2)c2ccccc12. The van der Waals surface area contributed by atoms with Gasteiger partial charge in [-0.1, -0.05) is 35.9 Å². The molecule has 0 bridgehead atoms. The molecule has 0 radical (unpaired) electrons. The van der Waals surface area contributed by atoms with Gasteiger partial charge in [-0.25, -0.2) is 4.98 Å². The molecule has 1 aromatic heterocycles. The minimum Gasteiger partial charge on any atom is -0.507 e. The number of benzene rings is 2. The van der Waals surface area contributed by atoms with Crippen LogP contribution >= 0.6 is 34.7 Å². The third-order valence-electron chi connectivity index (χ3n) is 2.76. The van der Waals surface area contributed by atoms with Crippen LogP contribution in [0.3, 0.4) is 0 Å². The molecule has 3 aromatic rings. The van der Waals surface area contributed by atoms with Crippen molar-refractivity contribution in [1.29, 1.82) is 0 Å². The number of halogens is 1. The quantitative estimate of drug-likeness (QED) is 0.695. The third kappa shape index (κ3) is 2.71. The maximum absolute atomic E-state index is 9.85. The van der Waals surface area contributed by atoms with E-state index in [1.54, 1.807) is 17.8 Å². The maximum atomic E-state index is 9.85. The van der Waals surface area contributed by atoms with E-state index in [2.05, 4.69) is 4.98 Å². The minimum absolute atomic E-state index is 0.320. The Morgan fingerprint density at radius 2 is 1.95 bits per heavy atom.